The number of aromatic nitrogens is 2. The average Bonchev–Trinajstić information content (AvgIpc) is 2.56. The Morgan fingerprint density at radius 1 is 1.38 bits per heavy atom. The molecular formula is C9H7BrN2S. The van der Waals surface area contributed by atoms with Crippen molar-refractivity contribution >= 4 is 27.3 Å². The van der Waals surface area contributed by atoms with Gasteiger partial charge in [-0.3, -0.25) is 0 Å². The molecule has 0 aliphatic carbocycles. The van der Waals surface area contributed by atoms with Gasteiger partial charge >= 0.3 is 0 Å². The fraction of sp³-hybridized carbons (Fsp3) is 0.111. The summed E-state index contributed by atoms with van der Waals surface area (Å²) in [4.78, 5) is 0. The van der Waals surface area contributed by atoms with E-state index in [1.807, 2.05) is 0 Å². The first kappa shape index (κ1) is 8.84. The van der Waals surface area contributed by atoms with Crippen LogP contribution in [0.1, 0.15) is 5.56 Å². The van der Waals surface area contributed by atoms with Crippen molar-refractivity contribution < 1.29 is 0 Å². The summed E-state index contributed by atoms with van der Waals surface area (Å²) in [6.07, 6.45) is 0. The highest BCUT2D eigenvalue weighted by molar-refractivity contribution is 9.10. The van der Waals surface area contributed by atoms with Gasteiger partial charge in [-0.2, -0.15) is 0 Å². The number of aryl methyl sites for hydroxylation is 1. The number of hydrogen-bond donors (Lipinski definition) is 0. The SMILES string of the molecule is Cc1ccc(-c2nncs2)c(Br)c1. The molecule has 1 aromatic carbocycles. The summed E-state index contributed by atoms with van der Waals surface area (Å²) >= 11 is 5.05. The maximum absolute atomic E-state index is 4.02. The maximum atomic E-state index is 4.02. The molecule has 0 saturated heterocycles. The first-order chi connectivity index (χ1) is 6.27. The Balaban J connectivity index is 2.53. The van der Waals surface area contributed by atoms with Crippen LogP contribution in [0.25, 0.3) is 10.6 Å². The lowest BCUT2D eigenvalue weighted by Crippen LogP contribution is -1.80. The van der Waals surface area contributed by atoms with Crippen molar-refractivity contribution in [3.63, 3.8) is 0 Å². The average molecular weight is 255 g/mol. The molecule has 13 heavy (non-hydrogen) atoms. The van der Waals surface area contributed by atoms with Gasteiger partial charge in [0.2, 0.25) is 0 Å². The monoisotopic (exact) mass is 254 g/mol. The molecule has 4 heteroatoms. The minimum atomic E-state index is 0.951. The summed E-state index contributed by atoms with van der Waals surface area (Å²) in [5.74, 6) is 0. The minimum Gasteiger partial charge on any atom is -0.147 e. The van der Waals surface area contributed by atoms with E-state index in [2.05, 4.69) is 51.3 Å². The zero-order chi connectivity index (χ0) is 9.26. The van der Waals surface area contributed by atoms with E-state index in [4.69, 9.17) is 0 Å². The molecule has 1 aromatic heterocycles. The summed E-state index contributed by atoms with van der Waals surface area (Å²) in [6, 6.07) is 6.21. The zero-order valence-corrected chi connectivity index (χ0v) is 9.39. The fourth-order valence-corrected chi connectivity index (χ4v) is 2.49. The molecule has 66 valence electrons. The van der Waals surface area contributed by atoms with E-state index in [0.717, 1.165) is 15.0 Å². The van der Waals surface area contributed by atoms with Crippen molar-refractivity contribution in [3.05, 3.63) is 33.7 Å². The van der Waals surface area contributed by atoms with Crippen LogP contribution in [-0.4, -0.2) is 10.2 Å². The third kappa shape index (κ3) is 1.78. The highest BCUT2D eigenvalue weighted by Crippen LogP contribution is 2.29. The molecule has 0 spiro atoms. The molecule has 0 unspecified atom stereocenters. The van der Waals surface area contributed by atoms with Crippen LogP contribution in [0.15, 0.2) is 28.2 Å². The molecule has 1 heterocycles. The highest BCUT2D eigenvalue weighted by Gasteiger charge is 2.05. The third-order valence-corrected chi connectivity index (χ3v) is 3.10. The van der Waals surface area contributed by atoms with Crippen LogP contribution in [0.3, 0.4) is 0 Å². The second-order valence-corrected chi connectivity index (χ2v) is 4.41. The van der Waals surface area contributed by atoms with E-state index < -0.39 is 0 Å². The Morgan fingerprint density at radius 2 is 2.23 bits per heavy atom. The number of nitrogens with zero attached hydrogens (tertiary/aromatic N) is 2. The van der Waals surface area contributed by atoms with Gasteiger partial charge in [-0.15, -0.1) is 10.2 Å². The van der Waals surface area contributed by atoms with E-state index in [1.54, 1.807) is 16.8 Å². The predicted molar refractivity (Wildman–Crippen MR) is 57.8 cm³/mol. The molecule has 2 aromatic rings. The number of rotatable bonds is 1. The molecule has 0 aliphatic rings. The Bertz CT molecular complexity index is 412. The number of hydrogen-bond acceptors (Lipinski definition) is 3. The van der Waals surface area contributed by atoms with E-state index in [0.29, 0.717) is 0 Å². The number of benzene rings is 1. The molecule has 0 atom stereocenters. The Labute approximate surface area is 88.8 Å². The molecule has 2 nitrogen and oxygen atoms in total. The smallest absolute Gasteiger partial charge is 0.147 e. The van der Waals surface area contributed by atoms with Crippen molar-refractivity contribution in [3.8, 4) is 10.6 Å². The van der Waals surface area contributed by atoms with Gasteiger partial charge in [0.05, 0.1) is 0 Å². The molecule has 0 fully saturated rings. The third-order valence-electron chi connectivity index (χ3n) is 1.72. The van der Waals surface area contributed by atoms with E-state index in [-0.39, 0.29) is 0 Å². The summed E-state index contributed by atoms with van der Waals surface area (Å²) in [5.41, 5.74) is 4.08. The van der Waals surface area contributed by atoms with Crippen LogP contribution >= 0.6 is 27.3 Å². The molecule has 2 rings (SSSR count). The molecule has 0 N–H and O–H groups in total. The highest BCUT2D eigenvalue weighted by atomic mass is 79.9. The van der Waals surface area contributed by atoms with Gasteiger partial charge in [-0.25, -0.2) is 0 Å². The normalized spacial score (nSPS) is 10.3. The van der Waals surface area contributed by atoms with Gasteiger partial charge in [0.15, 0.2) is 0 Å². The van der Waals surface area contributed by atoms with Gasteiger partial charge in [0.25, 0.3) is 0 Å². The second kappa shape index (κ2) is 3.55. The van der Waals surface area contributed by atoms with E-state index >= 15 is 0 Å². The minimum absolute atomic E-state index is 0.951. The summed E-state index contributed by atoms with van der Waals surface area (Å²) in [5, 5.41) is 8.78. The Kier molecular flexibility index (Phi) is 2.42. The van der Waals surface area contributed by atoms with Crippen LogP contribution in [0.5, 0.6) is 0 Å². The standard InChI is InChI=1S/C9H7BrN2S/c1-6-2-3-7(8(10)4-6)9-12-11-5-13-9/h2-5H,1H3. The van der Waals surface area contributed by atoms with E-state index in [1.165, 1.54) is 5.56 Å². The quantitative estimate of drug-likeness (QED) is 0.781. The summed E-state index contributed by atoms with van der Waals surface area (Å²) in [6.45, 7) is 2.06. The first-order valence-electron chi connectivity index (χ1n) is 3.80. The topological polar surface area (TPSA) is 25.8 Å². The van der Waals surface area contributed by atoms with Crippen LogP contribution in [0.2, 0.25) is 0 Å². The zero-order valence-electron chi connectivity index (χ0n) is 6.99. The lowest BCUT2D eigenvalue weighted by Gasteiger charge is -2.00. The molecule has 0 amide bonds. The fourth-order valence-electron chi connectivity index (χ4n) is 1.08. The van der Waals surface area contributed by atoms with Crippen LogP contribution in [-0.2, 0) is 0 Å². The molecule has 0 radical (unpaired) electrons. The van der Waals surface area contributed by atoms with Crippen molar-refractivity contribution in [2.24, 2.45) is 0 Å². The largest absolute Gasteiger partial charge is 0.148 e. The molecule has 0 aliphatic heterocycles. The van der Waals surface area contributed by atoms with Crippen molar-refractivity contribution in [2.45, 2.75) is 6.92 Å². The lowest BCUT2D eigenvalue weighted by molar-refractivity contribution is 1.09. The second-order valence-electron chi connectivity index (χ2n) is 2.73. The van der Waals surface area contributed by atoms with Crippen LogP contribution in [0, 0.1) is 6.92 Å². The first-order valence-corrected chi connectivity index (χ1v) is 5.47. The molecule has 0 saturated carbocycles. The summed E-state index contributed by atoms with van der Waals surface area (Å²) < 4.78 is 1.07. The van der Waals surface area contributed by atoms with Gasteiger partial charge in [0, 0.05) is 10.0 Å². The van der Waals surface area contributed by atoms with Gasteiger partial charge in [-0.1, -0.05) is 39.4 Å². The van der Waals surface area contributed by atoms with E-state index in [9.17, 15) is 0 Å². The lowest BCUT2D eigenvalue weighted by atomic mass is 10.2. The van der Waals surface area contributed by atoms with Gasteiger partial charge in [-0.05, 0) is 18.6 Å². The Morgan fingerprint density at radius 3 is 2.85 bits per heavy atom. The van der Waals surface area contributed by atoms with Crippen molar-refractivity contribution in [1.82, 2.24) is 10.2 Å². The maximum Gasteiger partial charge on any atom is 0.148 e. The van der Waals surface area contributed by atoms with Crippen LogP contribution in [0.4, 0.5) is 0 Å². The van der Waals surface area contributed by atoms with Crippen molar-refractivity contribution in [2.75, 3.05) is 0 Å². The Hall–Kier alpha value is -0.740. The predicted octanol–water partition coefficient (Wildman–Crippen LogP) is 3.28. The van der Waals surface area contributed by atoms with Gasteiger partial charge in [0.1, 0.15) is 10.5 Å². The number of halogens is 1. The summed E-state index contributed by atoms with van der Waals surface area (Å²) in [7, 11) is 0. The van der Waals surface area contributed by atoms with Crippen LogP contribution < -0.4 is 0 Å². The molecular weight excluding hydrogens is 248 g/mol. The van der Waals surface area contributed by atoms with Gasteiger partial charge < -0.3 is 0 Å². The van der Waals surface area contributed by atoms with Crippen molar-refractivity contribution in [1.29, 1.82) is 0 Å². The molecule has 0 bridgehead atoms.